The van der Waals surface area contributed by atoms with Crippen LogP contribution in [0.15, 0.2) is 54.6 Å². The van der Waals surface area contributed by atoms with Crippen LogP contribution in [-0.2, 0) is 6.18 Å². The number of nitrogens with zero attached hydrogens (tertiary/aromatic N) is 2. The minimum atomic E-state index is -4.85. The van der Waals surface area contributed by atoms with Crippen molar-refractivity contribution < 1.29 is 27.1 Å². The third-order valence-corrected chi connectivity index (χ3v) is 3.62. The van der Waals surface area contributed by atoms with Gasteiger partial charge in [-0.05, 0) is 43.3 Å². The number of rotatable bonds is 3. The second-order valence-electron chi connectivity index (χ2n) is 5.53. The summed E-state index contributed by atoms with van der Waals surface area (Å²) in [5.74, 6) is -1.27. The first kappa shape index (κ1) is 18.4. The van der Waals surface area contributed by atoms with Crippen molar-refractivity contribution in [2.24, 2.45) is 0 Å². The van der Waals surface area contributed by atoms with Crippen LogP contribution >= 0.6 is 0 Å². The molecule has 3 aromatic rings. The maximum atomic E-state index is 13.4. The molecule has 0 saturated carbocycles. The molecule has 1 N–H and O–H groups in total. The minimum absolute atomic E-state index is 0.0582. The average molecular weight is 379 g/mol. The van der Waals surface area contributed by atoms with Gasteiger partial charge in [-0.25, -0.2) is 13.9 Å². The molecule has 0 spiro atoms. The maximum Gasteiger partial charge on any atom is 0.438 e. The Morgan fingerprint density at radius 1 is 1.07 bits per heavy atom. The Kier molecular flexibility index (Phi) is 4.85. The van der Waals surface area contributed by atoms with Crippen molar-refractivity contribution in [2.75, 3.05) is 5.32 Å². The van der Waals surface area contributed by atoms with Crippen LogP contribution in [0.2, 0.25) is 0 Å². The van der Waals surface area contributed by atoms with Crippen molar-refractivity contribution in [3.05, 3.63) is 71.8 Å². The molecule has 0 radical (unpaired) electrons. The van der Waals surface area contributed by atoms with Gasteiger partial charge in [-0.3, -0.25) is 5.32 Å². The summed E-state index contributed by atoms with van der Waals surface area (Å²) in [7, 11) is 0. The smallest absolute Gasteiger partial charge is 0.406 e. The van der Waals surface area contributed by atoms with Crippen molar-refractivity contribution in [2.45, 2.75) is 13.1 Å². The van der Waals surface area contributed by atoms with E-state index in [9.17, 15) is 22.4 Å². The summed E-state index contributed by atoms with van der Waals surface area (Å²) in [6.45, 7) is 1.32. The van der Waals surface area contributed by atoms with E-state index in [-0.39, 0.29) is 11.4 Å². The summed E-state index contributed by atoms with van der Waals surface area (Å²) in [6.07, 6.45) is -5.94. The van der Waals surface area contributed by atoms with Gasteiger partial charge in [0, 0.05) is 5.69 Å². The molecule has 1 aromatic heterocycles. The fourth-order valence-electron chi connectivity index (χ4n) is 2.39. The van der Waals surface area contributed by atoms with Gasteiger partial charge in [-0.1, -0.05) is 18.2 Å². The summed E-state index contributed by atoms with van der Waals surface area (Å²) in [4.78, 5) is 12.0. The van der Waals surface area contributed by atoms with E-state index >= 15 is 0 Å². The highest BCUT2D eigenvalue weighted by Crippen LogP contribution is 2.38. The van der Waals surface area contributed by atoms with Crippen LogP contribution in [0, 0.1) is 12.7 Å². The van der Waals surface area contributed by atoms with Crippen LogP contribution in [-0.4, -0.2) is 15.9 Å². The van der Waals surface area contributed by atoms with E-state index in [4.69, 9.17) is 4.74 Å². The molecule has 0 atom stereocenters. The SMILES string of the molecule is Cc1c(OC(=O)Nc2ccccc2)c(C(F)(F)F)nn1-c1ccc(F)cc1. The number of para-hydroxylation sites is 1. The van der Waals surface area contributed by atoms with E-state index in [0.29, 0.717) is 5.69 Å². The van der Waals surface area contributed by atoms with E-state index in [1.54, 1.807) is 30.3 Å². The summed E-state index contributed by atoms with van der Waals surface area (Å²) < 4.78 is 59.0. The second-order valence-corrected chi connectivity index (χ2v) is 5.53. The third-order valence-electron chi connectivity index (χ3n) is 3.62. The van der Waals surface area contributed by atoms with Crippen LogP contribution < -0.4 is 10.1 Å². The number of nitrogens with one attached hydrogen (secondary N) is 1. The van der Waals surface area contributed by atoms with Crippen LogP contribution in [0.3, 0.4) is 0 Å². The lowest BCUT2D eigenvalue weighted by atomic mass is 10.3. The number of carbonyl (C=O) groups is 1. The Labute approximate surface area is 151 Å². The Morgan fingerprint density at radius 2 is 1.70 bits per heavy atom. The average Bonchev–Trinajstić information content (AvgIpc) is 2.93. The van der Waals surface area contributed by atoms with Crippen LogP contribution in [0.1, 0.15) is 11.4 Å². The predicted molar refractivity (Wildman–Crippen MR) is 89.3 cm³/mol. The number of hydrogen-bond acceptors (Lipinski definition) is 3. The fraction of sp³-hybridized carbons (Fsp3) is 0.111. The van der Waals surface area contributed by atoms with Crippen molar-refractivity contribution in [1.29, 1.82) is 0 Å². The molecule has 0 fully saturated rings. The number of carbonyl (C=O) groups excluding carboxylic acids is 1. The number of hydrogen-bond donors (Lipinski definition) is 1. The molecule has 9 heteroatoms. The molecule has 27 heavy (non-hydrogen) atoms. The molecule has 0 saturated heterocycles. The first-order valence-corrected chi connectivity index (χ1v) is 7.72. The standard InChI is InChI=1S/C18H13F4N3O2/c1-11-15(27-17(26)23-13-5-3-2-4-6-13)16(18(20,21)22)24-25(11)14-9-7-12(19)8-10-14/h2-10H,1H3,(H,23,26). The third kappa shape index (κ3) is 4.08. The Balaban J connectivity index is 1.95. The van der Waals surface area contributed by atoms with Gasteiger partial charge in [0.25, 0.3) is 0 Å². The first-order valence-electron chi connectivity index (χ1n) is 7.72. The Bertz CT molecular complexity index is 951. The number of amides is 1. The van der Waals surface area contributed by atoms with Crippen molar-refractivity contribution in [1.82, 2.24) is 9.78 Å². The monoisotopic (exact) mass is 379 g/mol. The molecule has 2 aromatic carbocycles. The number of ether oxygens (including phenoxy) is 1. The lowest BCUT2D eigenvalue weighted by Crippen LogP contribution is -2.19. The molecule has 5 nitrogen and oxygen atoms in total. The van der Waals surface area contributed by atoms with Gasteiger partial charge in [0.05, 0.1) is 11.4 Å². The zero-order valence-corrected chi connectivity index (χ0v) is 13.9. The summed E-state index contributed by atoms with van der Waals surface area (Å²) in [6, 6.07) is 12.8. The van der Waals surface area contributed by atoms with Gasteiger partial charge in [0.1, 0.15) is 5.82 Å². The molecule has 3 rings (SSSR count). The quantitative estimate of drug-likeness (QED) is 0.655. The summed E-state index contributed by atoms with van der Waals surface area (Å²) in [5, 5.41) is 5.84. The molecular weight excluding hydrogens is 366 g/mol. The van der Waals surface area contributed by atoms with Crippen molar-refractivity contribution in [3.8, 4) is 11.4 Å². The van der Waals surface area contributed by atoms with Crippen LogP contribution in [0.5, 0.6) is 5.75 Å². The van der Waals surface area contributed by atoms with E-state index in [0.717, 1.165) is 16.8 Å². The number of alkyl halides is 3. The van der Waals surface area contributed by atoms with Crippen molar-refractivity contribution >= 4 is 11.8 Å². The molecule has 1 heterocycles. The second kappa shape index (κ2) is 7.10. The predicted octanol–water partition coefficient (Wildman–Crippen LogP) is 4.95. The number of benzene rings is 2. The van der Waals surface area contributed by atoms with Crippen LogP contribution in [0.4, 0.5) is 28.0 Å². The minimum Gasteiger partial charge on any atom is -0.406 e. The van der Waals surface area contributed by atoms with E-state index in [1.807, 2.05) is 0 Å². The topological polar surface area (TPSA) is 56.1 Å². The molecule has 0 aliphatic rings. The van der Waals surface area contributed by atoms with E-state index < -0.39 is 29.5 Å². The maximum absolute atomic E-state index is 13.4. The van der Waals surface area contributed by atoms with Gasteiger partial charge in [-0.2, -0.15) is 18.3 Å². The Morgan fingerprint density at radius 3 is 2.30 bits per heavy atom. The van der Waals surface area contributed by atoms with E-state index in [1.165, 1.54) is 19.1 Å². The summed E-state index contributed by atoms with van der Waals surface area (Å²) >= 11 is 0. The molecular formula is C18H13F4N3O2. The normalized spacial score (nSPS) is 11.3. The highest BCUT2D eigenvalue weighted by Gasteiger charge is 2.40. The van der Waals surface area contributed by atoms with Crippen LogP contribution in [0.25, 0.3) is 5.69 Å². The molecule has 140 valence electrons. The van der Waals surface area contributed by atoms with Gasteiger partial charge >= 0.3 is 12.3 Å². The number of anilines is 1. The molecule has 0 aliphatic heterocycles. The van der Waals surface area contributed by atoms with Crippen molar-refractivity contribution in [3.63, 3.8) is 0 Å². The fourth-order valence-corrected chi connectivity index (χ4v) is 2.39. The molecule has 1 amide bonds. The largest absolute Gasteiger partial charge is 0.438 e. The van der Waals surface area contributed by atoms with Gasteiger partial charge in [0.2, 0.25) is 5.69 Å². The zero-order chi connectivity index (χ0) is 19.6. The first-order chi connectivity index (χ1) is 12.8. The number of halogens is 4. The number of aromatic nitrogens is 2. The highest BCUT2D eigenvalue weighted by molar-refractivity contribution is 5.86. The lowest BCUT2D eigenvalue weighted by Gasteiger charge is -2.09. The van der Waals surface area contributed by atoms with Gasteiger partial charge in [0.15, 0.2) is 5.75 Å². The molecule has 0 aliphatic carbocycles. The van der Waals surface area contributed by atoms with E-state index in [2.05, 4.69) is 10.4 Å². The summed E-state index contributed by atoms with van der Waals surface area (Å²) in [5.41, 5.74) is -0.859. The zero-order valence-electron chi connectivity index (χ0n) is 13.9. The lowest BCUT2D eigenvalue weighted by molar-refractivity contribution is -0.142. The van der Waals surface area contributed by atoms with Gasteiger partial charge < -0.3 is 4.74 Å². The molecule has 0 unspecified atom stereocenters. The highest BCUT2D eigenvalue weighted by atomic mass is 19.4. The molecule has 0 bridgehead atoms. The van der Waals surface area contributed by atoms with Gasteiger partial charge in [-0.15, -0.1) is 0 Å². The Hall–Kier alpha value is -3.36.